The molecule has 1 fully saturated rings. The van der Waals surface area contributed by atoms with Gasteiger partial charge in [0.15, 0.2) is 6.10 Å². The van der Waals surface area contributed by atoms with Gasteiger partial charge in [-0.15, -0.1) is 0 Å². The molecule has 2 rings (SSSR count). The minimum absolute atomic E-state index is 0.351. The largest absolute Gasteiger partial charge is 0.457 e. The lowest BCUT2D eigenvalue weighted by Gasteiger charge is -2.36. The molecule has 0 amide bonds. The van der Waals surface area contributed by atoms with Gasteiger partial charge in [0.1, 0.15) is 5.60 Å². The predicted octanol–water partition coefficient (Wildman–Crippen LogP) is 1.78. The summed E-state index contributed by atoms with van der Waals surface area (Å²) in [6, 6.07) is 7.04. The minimum Gasteiger partial charge on any atom is -0.457 e. The Bertz CT molecular complexity index is 481. The first kappa shape index (κ1) is 16.5. The van der Waals surface area contributed by atoms with Gasteiger partial charge in [-0.2, -0.15) is 0 Å². The Morgan fingerprint density at radius 1 is 1.33 bits per heavy atom. The normalized spacial score (nSPS) is 18.3. The quantitative estimate of drug-likeness (QED) is 0.808. The Balaban J connectivity index is 2.00. The van der Waals surface area contributed by atoms with E-state index in [2.05, 4.69) is 21.2 Å². The van der Waals surface area contributed by atoms with Gasteiger partial charge in [0.2, 0.25) is 0 Å². The van der Waals surface area contributed by atoms with Gasteiger partial charge in [-0.05, 0) is 31.5 Å². The summed E-state index contributed by atoms with van der Waals surface area (Å²) >= 11 is 3.33. The van der Waals surface area contributed by atoms with Crippen LogP contribution in [0.4, 0.5) is 0 Å². The number of ether oxygens (including phenoxy) is 1. The number of aliphatic hydroxyl groups excluding tert-OH is 1. The van der Waals surface area contributed by atoms with Crippen LogP contribution in [0.1, 0.15) is 38.4 Å². The van der Waals surface area contributed by atoms with Crippen molar-refractivity contribution in [2.45, 2.75) is 38.4 Å². The lowest BCUT2D eigenvalue weighted by molar-refractivity contribution is -0.665. The number of aliphatic hydroxyl groups is 1. The molecule has 5 heteroatoms. The molecule has 0 radical (unpaired) electrons. The van der Waals surface area contributed by atoms with Crippen LogP contribution in [0.5, 0.6) is 0 Å². The molecular weight excluding hydrogens is 334 g/mol. The average Bonchev–Trinajstić information content (AvgIpc) is 2.48. The zero-order valence-corrected chi connectivity index (χ0v) is 14.1. The van der Waals surface area contributed by atoms with Crippen LogP contribution in [0.3, 0.4) is 0 Å². The van der Waals surface area contributed by atoms with Crippen LogP contribution in [0, 0.1) is 5.92 Å². The molecule has 1 aromatic carbocycles. The van der Waals surface area contributed by atoms with Crippen LogP contribution in [-0.4, -0.2) is 29.8 Å². The maximum Gasteiger partial charge on any atom is 0.340 e. The number of rotatable bonds is 4. The van der Waals surface area contributed by atoms with E-state index in [1.165, 1.54) is 0 Å². The van der Waals surface area contributed by atoms with E-state index in [9.17, 15) is 9.90 Å². The van der Waals surface area contributed by atoms with Crippen LogP contribution in [-0.2, 0) is 9.53 Å². The van der Waals surface area contributed by atoms with Crippen LogP contribution < -0.4 is 5.32 Å². The topological polar surface area (TPSA) is 63.1 Å². The van der Waals surface area contributed by atoms with Gasteiger partial charge in [-0.25, -0.2) is 4.79 Å². The Morgan fingerprint density at radius 3 is 2.48 bits per heavy atom. The Kier molecular flexibility index (Phi) is 5.41. The van der Waals surface area contributed by atoms with Crippen molar-refractivity contribution in [1.29, 1.82) is 0 Å². The number of benzene rings is 1. The van der Waals surface area contributed by atoms with E-state index in [1.807, 2.05) is 13.8 Å². The van der Waals surface area contributed by atoms with Crippen molar-refractivity contribution in [2.75, 3.05) is 13.1 Å². The van der Waals surface area contributed by atoms with E-state index in [0.717, 1.165) is 30.4 Å². The first-order valence-corrected chi connectivity index (χ1v) is 8.17. The third kappa shape index (κ3) is 4.28. The maximum atomic E-state index is 12.2. The van der Waals surface area contributed by atoms with E-state index >= 15 is 0 Å². The molecule has 0 saturated carbocycles. The monoisotopic (exact) mass is 356 g/mol. The maximum absolute atomic E-state index is 12.2. The van der Waals surface area contributed by atoms with E-state index < -0.39 is 17.7 Å². The number of hydrogen-bond donors (Lipinski definition) is 2. The van der Waals surface area contributed by atoms with Crippen molar-refractivity contribution < 1.29 is 20.0 Å². The average molecular weight is 357 g/mol. The van der Waals surface area contributed by atoms with Crippen LogP contribution in [0.2, 0.25) is 0 Å². The number of nitrogens with two attached hydrogens (primary N) is 1. The lowest BCUT2D eigenvalue weighted by Crippen LogP contribution is -2.86. The summed E-state index contributed by atoms with van der Waals surface area (Å²) in [5, 5.41) is 12.4. The highest BCUT2D eigenvalue weighted by molar-refractivity contribution is 9.10. The van der Waals surface area contributed by atoms with Crippen LogP contribution >= 0.6 is 15.9 Å². The highest BCUT2D eigenvalue weighted by atomic mass is 79.9. The standard InChI is InChI=1S/C16H22BrNO3/c1-16(2,12-7-9-18-10-8-12)21-15(20)14(19)11-3-5-13(17)6-4-11/h3-6,12,14,18-19H,7-10H2,1-2H3/p+1. The number of halogens is 1. The number of carbonyl (C=O) groups is 1. The summed E-state index contributed by atoms with van der Waals surface area (Å²) in [5.74, 6) is -0.222. The van der Waals surface area contributed by atoms with E-state index in [0.29, 0.717) is 11.5 Å². The molecule has 1 saturated heterocycles. The molecule has 1 atom stereocenters. The van der Waals surface area contributed by atoms with Crippen molar-refractivity contribution in [3.8, 4) is 0 Å². The number of hydrogen-bond acceptors (Lipinski definition) is 3. The zero-order valence-electron chi connectivity index (χ0n) is 12.5. The van der Waals surface area contributed by atoms with Crippen molar-refractivity contribution in [1.82, 2.24) is 0 Å². The van der Waals surface area contributed by atoms with Crippen molar-refractivity contribution in [2.24, 2.45) is 5.92 Å². The predicted molar refractivity (Wildman–Crippen MR) is 83.7 cm³/mol. The second kappa shape index (κ2) is 6.90. The SMILES string of the molecule is CC(C)(OC(=O)C(O)c1ccc(Br)cc1)C1CC[NH2+]CC1. The highest BCUT2D eigenvalue weighted by Gasteiger charge is 2.36. The van der Waals surface area contributed by atoms with E-state index in [-0.39, 0.29) is 0 Å². The zero-order chi connectivity index (χ0) is 15.5. The van der Waals surface area contributed by atoms with Gasteiger partial charge in [0.05, 0.1) is 13.1 Å². The molecule has 0 spiro atoms. The van der Waals surface area contributed by atoms with Gasteiger partial charge < -0.3 is 15.2 Å². The van der Waals surface area contributed by atoms with Crippen molar-refractivity contribution in [3.63, 3.8) is 0 Å². The van der Waals surface area contributed by atoms with Crippen molar-refractivity contribution in [3.05, 3.63) is 34.3 Å². The second-order valence-electron chi connectivity index (χ2n) is 6.12. The minimum atomic E-state index is -1.23. The fraction of sp³-hybridized carbons (Fsp3) is 0.562. The van der Waals surface area contributed by atoms with Gasteiger partial charge in [0.25, 0.3) is 0 Å². The van der Waals surface area contributed by atoms with Crippen molar-refractivity contribution >= 4 is 21.9 Å². The Morgan fingerprint density at radius 2 is 1.90 bits per heavy atom. The fourth-order valence-corrected chi connectivity index (χ4v) is 3.07. The highest BCUT2D eigenvalue weighted by Crippen LogP contribution is 2.30. The number of esters is 1. The second-order valence-corrected chi connectivity index (χ2v) is 7.03. The Hall–Kier alpha value is -0.910. The molecule has 1 aliphatic heterocycles. The molecule has 0 bridgehead atoms. The van der Waals surface area contributed by atoms with E-state index in [1.54, 1.807) is 24.3 Å². The number of piperidine rings is 1. The summed E-state index contributed by atoms with van der Waals surface area (Å²) < 4.78 is 6.52. The number of quaternary nitrogens is 1. The molecule has 3 N–H and O–H groups in total. The van der Waals surface area contributed by atoms with Gasteiger partial charge >= 0.3 is 5.97 Å². The van der Waals surface area contributed by atoms with E-state index in [4.69, 9.17) is 4.74 Å². The molecule has 1 aromatic rings. The molecule has 21 heavy (non-hydrogen) atoms. The molecule has 1 aliphatic rings. The summed E-state index contributed by atoms with van der Waals surface area (Å²) in [5.41, 5.74) is 0.0118. The summed E-state index contributed by atoms with van der Waals surface area (Å²) in [7, 11) is 0. The summed E-state index contributed by atoms with van der Waals surface area (Å²) in [4.78, 5) is 12.2. The summed E-state index contributed by atoms with van der Waals surface area (Å²) in [6.07, 6.45) is 0.844. The molecular formula is C16H23BrNO3+. The van der Waals surface area contributed by atoms with Crippen LogP contribution in [0.25, 0.3) is 0 Å². The molecule has 116 valence electrons. The first-order valence-electron chi connectivity index (χ1n) is 7.38. The van der Waals surface area contributed by atoms with Crippen LogP contribution in [0.15, 0.2) is 28.7 Å². The lowest BCUT2D eigenvalue weighted by atomic mass is 9.83. The molecule has 1 unspecified atom stereocenters. The fourth-order valence-electron chi connectivity index (χ4n) is 2.80. The Labute approximate surface area is 134 Å². The third-order valence-electron chi connectivity index (χ3n) is 4.19. The molecule has 0 aromatic heterocycles. The van der Waals surface area contributed by atoms with Gasteiger partial charge in [-0.3, -0.25) is 0 Å². The first-order chi connectivity index (χ1) is 9.90. The van der Waals surface area contributed by atoms with Gasteiger partial charge in [-0.1, -0.05) is 28.1 Å². The molecule has 4 nitrogen and oxygen atoms in total. The summed E-state index contributed by atoms with van der Waals surface area (Å²) in [6.45, 7) is 6.02. The van der Waals surface area contributed by atoms with Gasteiger partial charge in [0, 0.05) is 23.2 Å². The number of carbonyl (C=O) groups excluding carboxylic acids is 1. The smallest absolute Gasteiger partial charge is 0.340 e. The molecule has 0 aliphatic carbocycles. The third-order valence-corrected chi connectivity index (χ3v) is 4.72. The molecule has 1 heterocycles.